The number of carbonyl (C=O) groups excluding carboxylic acids is 2. The van der Waals surface area contributed by atoms with Crippen LogP contribution in [0.5, 0.6) is 0 Å². The number of aryl methyl sites for hydroxylation is 1. The van der Waals surface area contributed by atoms with Crippen molar-refractivity contribution in [3.05, 3.63) is 69.0 Å². The highest BCUT2D eigenvalue weighted by Gasteiger charge is 2.32. The molecular formula is C20H17BrN2O2S2. The molecule has 2 amide bonds. The molecule has 1 aliphatic rings. The van der Waals surface area contributed by atoms with Crippen LogP contribution in [0.15, 0.2) is 57.9 Å². The Bertz CT molecular complexity index is 909. The van der Waals surface area contributed by atoms with Gasteiger partial charge in [-0.15, -0.1) is 0 Å². The van der Waals surface area contributed by atoms with Crippen LogP contribution in [0, 0.1) is 6.92 Å². The standard InChI is InChI=1S/C20H17BrN2O2S2/c1-13-2-8-16(9-3-13)22-18(24)10-11-23-19(25)17(27-20(23)26)12-14-4-6-15(21)7-5-14/h2-9,12H,10-11H2,1H3,(H,22,24)/b17-12-. The third kappa shape index (κ3) is 5.28. The molecule has 138 valence electrons. The van der Waals surface area contributed by atoms with Crippen molar-refractivity contribution >= 4 is 67.8 Å². The van der Waals surface area contributed by atoms with E-state index in [0.29, 0.717) is 9.23 Å². The van der Waals surface area contributed by atoms with Gasteiger partial charge in [0.05, 0.1) is 4.91 Å². The predicted octanol–water partition coefficient (Wildman–Crippen LogP) is 4.99. The number of hydrogen-bond donors (Lipinski definition) is 1. The first kappa shape index (κ1) is 19.8. The largest absolute Gasteiger partial charge is 0.326 e. The number of benzene rings is 2. The number of nitrogens with zero attached hydrogens (tertiary/aromatic N) is 1. The lowest BCUT2D eigenvalue weighted by Gasteiger charge is -2.14. The van der Waals surface area contributed by atoms with E-state index in [-0.39, 0.29) is 24.8 Å². The molecule has 0 spiro atoms. The number of carbonyl (C=O) groups is 2. The number of rotatable bonds is 5. The number of halogens is 1. The summed E-state index contributed by atoms with van der Waals surface area (Å²) in [5.41, 5.74) is 2.80. The first-order valence-electron chi connectivity index (χ1n) is 8.30. The predicted molar refractivity (Wildman–Crippen MR) is 118 cm³/mol. The fraction of sp³-hybridized carbons (Fsp3) is 0.150. The molecule has 0 radical (unpaired) electrons. The molecule has 1 N–H and O–H groups in total. The van der Waals surface area contributed by atoms with E-state index in [2.05, 4.69) is 21.2 Å². The average Bonchev–Trinajstić information content (AvgIpc) is 2.90. The van der Waals surface area contributed by atoms with Crippen LogP contribution < -0.4 is 5.32 Å². The minimum atomic E-state index is -0.156. The SMILES string of the molecule is Cc1ccc(NC(=O)CCN2C(=O)/C(=C/c3ccc(Br)cc3)SC2=S)cc1. The summed E-state index contributed by atoms with van der Waals surface area (Å²) in [4.78, 5) is 26.8. The summed E-state index contributed by atoms with van der Waals surface area (Å²) < 4.78 is 1.46. The van der Waals surface area contributed by atoms with Gasteiger partial charge in [-0.2, -0.15) is 0 Å². The van der Waals surface area contributed by atoms with Gasteiger partial charge in [-0.05, 0) is 42.8 Å². The Kier molecular flexibility index (Phi) is 6.46. The second-order valence-electron chi connectivity index (χ2n) is 6.05. The Morgan fingerprint density at radius 2 is 1.85 bits per heavy atom. The van der Waals surface area contributed by atoms with Crippen LogP contribution >= 0.6 is 39.9 Å². The highest BCUT2D eigenvalue weighted by atomic mass is 79.9. The number of amides is 2. The van der Waals surface area contributed by atoms with Crippen molar-refractivity contribution in [1.82, 2.24) is 4.90 Å². The summed E-state index contributed by atoms with van der Waals surface area (Å²) in [5.74, 6) is -0.305. The van der Waals surface area contributed by atoms with Gasteiger partial charge >= 0.3 is 0 Å². The van der Waals surface area contributed by atoms with E-state index in [9.17, 15) is 9.59 Å². The van der Waals surface area contributed by atoms with Crippen LogP contribution in [0.2, 0.25) is 0 Å². The van der Waals surface area contributed by atoms with Crippen molar-refractivity contribution in [2.45, 2.75) is 13.3 Å². The number of thiocarbonyl (C=S) groups is 1. The lowest BCUT2D eigenvalue weighted by molar-refractivity contribution is -0.122. The van der Waals surface area contributed by atoms with Gasteiger partial charge in [-0.3, -0.25) is 14.5 Å². The highest BCUT2D eigenvalue weighted by molar-refractivity contribution is 9.10. The first-order valence-corrected chi connectivity index (χ1v) is 10.3. The second-order valence-corrected chi connectivity index (χ2v) is 8.64. The van der Waals surface area contributed by atoms with Crippen LogP contribution in [0.25, 0.3) is 6.08 Å². The molecule has 0 atom stereocenters. The fourth-order valence-electron chi connectivity index (χ4n) is 2.48. The zero-order valence-electron chi connectivity index (χ0n) is 14.6. The lowest BCUT2D eigenvalue weighted by Crippen LogP contribution is -2.31. The Hall–Kier alpha value is -1.96. The molecule has 0 aliphatic carbocycles. The third-order valence-corrected chi connectivity index (χ3v) is 5.85. The zero-order valence-corrected chi connectivity index (χ0v) is 17.8. The smallest absolute Gasteiger partial charge is 0.266 e. The van der Waals surface area contributed by atoms with Crippen molar-refractivity contribution < 1.29 is 9.59 Å². The quantitative estimate of drug-likeness (QED) is 0.504. The molecule has 3 rings (SSSR count). The Balaban J connectivity index is 1.59. The van der Waals surface area contributed by atoms with Gasteiger partial charge in [0.25, 0.3) is 5.91 Å². The summed E-state index contributed by atoms with van der Waals surface area (Å²) in [7, 11) is 0. The van der Waals surface area contributed by atoms with Crippen molar-refractivity contribution in [3.8, 4) is 0 Å². The van der Waals surface area contributed by atoms with E-state index in [4.69, 9.17) is 12.2 Å². The van der Waals surface area contributed by atoms with Crippen LogP contribution in [0.1, 0.15) is 17.5 Å². The van der Waals surface area contributed by atoms with Gasteiger partial charge in [0.2, 0.25) is 5.91 Å². The summed E-state index contributed by atoms with van der Waals surface area (Å²) >= 11 is 9.97. The van der Waals surface area contributed by atoms with E-state index in [1.807, 2.05) is 61.5 Å². The number of anilines is 1. The zero-order chi connectivity index (χ0) is 19.4. The molecule has 27 heavy (non-hydrogen) atoms. The van der Waals surface area contributed by atoms with Crippen molar-refractivity contribution in [3.63, 3.8) is 0 Å². The summed E-state index contributed by atoms with van der Waals surface area (Å²) in [5, 5.41) is 2.83. The maximum atomic E-state index is 12.6. The van der Waals surface area contributed by atoms with Gasteiger partial charge < -0.3 is 5.32 Å². The maximum absolute atomic E-state index is 12.6. The normalized spacial score (nSPS) is 15.5. The molecule has 2 aromatic carbocycles. The van der Waals surface area contributed by atoms with Gasteiger partial charge in [0.15, 0.2) is 0 Å². The monoisotopic (exact) mass is 460 g/mol. The van der Waals surface area contributed by atoms with E-state index < -0.39 is 0 Å². The van der Waals surface area contributed by atoms with Gasteiger partial charge in [-0.25, -0.2) is 0 Å². The molecule has 2 aromatic rings. The Labute approximate surface area is 176 Å². The molecule has 0 unspecified atom stereocenters. The molecule has 1 fully saturated rings. The van der Waals surface area contributed by atoms with E-state index in [1.165, 1.54) is 16.7 Å². The molecule has 0 saturated carbocycles. The molecule has 0 bridgehead atoms. The molecular weight excluding hydrogens is 444 g/mol. The average molecular weight is 461 g/mol. The number of nitrogens with one attached hydrogen (secondary N) is 1. The van der Waals surface area contributed by atoms with Gasteiger partial charge in [0.1, 0.15) is 4.32 Å². The first-order chi connectivity index (χ1) is 12.9. The van der Waals surface area contributed by atoms with Crippen LogP contribution in [0.4, 0.5) is 5.69 Å². The number of hydrogen-bond acceptors (Lipinski definition) is 4. The molecule has 4 nitrogen and oxygen atoms in total. The molecule has 1 saturated heterocycles. The van der Waals surface area contributed by atoms with Crippen LogP contribution in [-0.2, 0) is 9.59 Å². The minimum absolute atomic E-state index is 0.148. The molecule has 7 heteroatoms. The second kappa shape index (κ2) is 8.82. The van der Waals surface area contributed by atoms with E-state index in [1.54, 1.807) is 0 Å². The Morgan fingerprint density at radius 3 is 2.52 bits per heavy atom. The van der Waals surface area contributed by atoms with Gasteiger partial charge in [0, 0.05) is 23.1 Å². The minimum Gasteiger partial charge on any atom is -0.326 e. The fourth-order valence-corrected chi connectivity index (χ4v) is 4.05. The maximum Gasteiger partial charge on any atom is 0.266 e. The lowest BCUT2D eigenvalue weighted by atomic mass is 10.2. The van der Waals surface area contributed by atoms with E-state index >= 15 is 0 Å². The topological polar surface area (TPSA) is 49.4 Å². The third-order valence-electron chi connectivity index (χ3n) is 3.94. The molecule has 1 heterocycles. The number of thioether (sulfide) groups is 1. The van der Waals surface area contributed by atoms with E-state index in [0.717, 1.165) is 21.3 Å². The van der Waals surface area contributed by atoms with Crippen molar-refractivity contribution in [2.75, 3.05) is 11.9 Å². The summed E-state index contributed by atoms with van der Waals surface area (Å²) in [6.45, 7) is 2.25. The molecule has 1 aliphatic heterocycles. The summed E-state index contributed by atoms with van der Waals surface area (Å²) in [6.07, 6.45) is 2.00. The van der Waals surface area contributed by atoms with Crippen molar-refractivity contribution in [1.29, 1.82) is 0 Å². The van der Waals surface area contributed by atoms with Crippen molar-refractivity contribution in [2.24, 2.45) is 0 Å². The Morgan fingerprint density at radius 1 is 1.19 bits per heavy atom. The highest BCUT2D eigenvalue weighted by Crippen LogP contribution is 2.32. The van der Waals surface area contributed by atoms with Crippen LogP contribution in [0.3, 0.4) is 0 Å². The summed E-state index contributed by atoms with van der Waals surface area (Å²) in [6, 6.07) is 15.3. The van der Waals surface area contributed by atoms with Gasteiger partial charge in [-0.1, -0.05) is 69.7 Å². The molecule has 0 aromatic heterocycles. The van der Waals surface area contributed by atoms with Crippen LogP contribution in [-0.4, -0.2) is 27.6 Å².